The Hall–Kier alpha value is -1.23. The second-order valence-corrected chi connectivity index (χ2v) is 5.88. The predicted octanol–water partition coefficient (Wildman–Crippen LogP) is 3.95. The minimum atomic E-state index is -0.256. The molecule has 0 bridgehead atoms. The second-order valence-electron chi connectivity index (χ2n) is 4.96. The summed E-state index contributed by atoms with van der Waals surface area (Å²) in [6.07, 6.45) is 0.660. The van der Waals surface area contributed by atoms with Crippen molar-refractivity contribution in [3.05, 3.63) is 68.9 Å². The highest BCUT2D eigenvalue weighted by atomic mass is 79.9. The molecule has 2 aromatic carbocycles. The lowest BCUT2D eigenvalue weighted by Crippen LogP contribution is -2.30. The van der Waals surface area contributed by atoms with Crippen LogP contribution in [0.3, 0.4) is 0 Å². The summed E-state index contributed by atoms with van der Waals surface area (Å²) < 4.78 is 14.8. The fraction of sp³-hybridized carbons (Fsp3) is 0.250. The van der Waals surface area contributed by atoms with Gasteiger partial charge in [0.15, 0.2) is 0 Å². The number of halogens is 2. The SMILES string of the molecule is Cc1cccc(C)c1CC(NN)c1ccc(Br)cc1F. The highest BCUT2D eigenvalue weighted by molar-refractivity contribution is 9.10. The normalized spacial score (nSPS) is 12.4. The molecular weight excluding hydrogens is 319 g/mol. The molecule has 2 aromatic rings. The van der Waals surface area contributed by atoms with Crippen LogP contribution < -0.4 is 11.3 Å². The van der Waals surface area contributed by atoms with E-state index >= 15 is 0 Å². The molecule has 1 atom stereocenters. The molecule has 4 heteroatoms. The van der Waals surface area contributed by atoms with Gasteiger partial charge in [-0.15, -0.1) is 0 Å². The summed E-state index contributed by atoms with van der Waals surface area (Å²) in [5.41, 5.74) is 6.91. The van der Waals surface area contributed by atoms with E-state index in [1.54, 1.807) is 6.07 Å². The predicted molar refractivity (Wildman–Crippen MR) is 83.8 cm³/mol. The van der Waals surface area contributed by atoms with E-state index in [4.69, 9.17) is 5.84 Å². The molecule has 0 saturated heterocycles. The van der Waals surface area contributed by atoms with Gasteiger partial charge in [-0.05, 0) is 49.1 Å². The lowest BCUT2D eigenvalue weighted by atomic mass is 9.93. The van der Waals surface area contributed by atoms with E-state index in [0.29, 0.717) is 12.0 Å². The van der Waals surface area contributed by atoms with Crippen molar-refractivity contribution in [2.24, 2.45) is 5.84 Å². The zero-order valence-electron chi connectivity index (χ0n) is 11.6. The summed E-state index contributed by atoms with van der Waals surface area (Å²) in [7, 11) is 0. The molecule has 106 valence electrons. The molecule has 1 unspecified atom stereocenters. The second kappa shape index (κ2) is 6.48. The lowest BCUT2D eigenvalue weighted by Gasteiger charge is -2.20. The monoisotopic (exact) mass is 336 g/mol. The summed E-state index contributed by atoms with van der Waals surface area (Å²) in [4.78, 5) is 0. The van der Waals surface area contributed by atoms with Crippen LogP contribution in [0.5, 0.6) is 0 Å². The Bertz CT molecular complexity index is 593. The summed E-state index contributed by atoms with van der Waals surface area (Å²) in [5.74, 6) is 5.38. The third kappa shape index (κ3) is 3.26. The van der Waals surface area contributed by atoms with E-state index in [-0.39, 0.29) is 11.9 Å². The van der Waals surface area contributed by atoms with Gasteiger partial charge in [-0.2, -0.15) is 0 Å². The summed E-state index contributed by atoms with van der Waals surface area (Å²) in [6, 6.07) is 11.0. The fourth-order valence-electron chi connectivity index (χ4n) is 2.42. The molecule has 0 aliphatic rings. The first-order valence-electron chi connectivity index (χ1n) is 6.49. The van der Waals surface area contributed by atoms with Crippen LogP contribution >= 0.6 is 15.9 Å². The molecular formula is C16H18BrFN2. The number of hydrazine groups is 1. The van der Waals surface area contributed by atoms with Gasteiger partial charge in [0.1, 0.15) is 5.82 Å². The summed E-state index contributed by atoms with van der Waals surface area (Å²) in [5, 5.41) is 0. The maximum Gasteiger partial charge on any atom is 0.129 e. The molecule has 2 rings (SSSR count). The third-order valence-electron chi connectivity index (χ3n) is 3.59. The number of hydrogen-bond acceptors (Lipinski definition) is 2. The molecule has 0 aliphatic heterocycles. The number of aryl methyl sites for hydroxylation is 2. The number of hydrogen-bond donors (Lipinski definition) is 2. The number of nitrogens with one attached hydrogen (secondary N) is 1. The third-order valence-corrected chi connectivity index (χ3v) is 4.09. The first kappa shape index (κ1) is 15.2. The van der Waals surface area contributed by atoms with Gasteiger partial charge in [-0.1, -0.05) is 40.2 Å². The topological polar surface area (TPSA) is 38.0 Å². The van der Waals surface area contributed by atoms with E-state index in [9.17, 15) is 4.39 Å². The Labute approximate surface area is 127 Å². The number of nitrogens with two attached hydrogens (primary N) is 1. The Kier molecular flexibility index (Phi) is 4.91. The average molecular weight is 337 g/mol. The molecule has 20 heavy (non-hydrogen) atoms. The summed E-state index contributed by atoms with van der Waals surface area (Å²) in [6.45, 7) is 4.13. The first-order valence-corrected chi connectivity index (χ1v) is 7.28. The van der Waals surface area contributed by atoms with Crippen LogP contribution in [-0.4, -0.2) is 0 Å². The standard InChI is InChI=1S/C16H18BrFN2/c1-10-4-3-5-11(2)14(10)9-16(20-19)13-7-6-12(17)8-15(13)18/h3-8,16,20H,9,19H2,1-2H3. The molecule has 3 N–H and O–H groups in total. The van der Waals surface area contributed by atoms with Gasteiger partial charge in [0.25, 0.3) is 0 Å². The van der Waals surface area contributed by atoms with Gasteiger partial charge in [0, 0.05) is 10.0 Å². The fourth-order valence-corrected chi connectivity index (χ4v) is 2.75. The zero-order chi connectivity index (χ0) is 14.7. The van der Waals surface area contributed by atoms with Crippen LogP contribution in [0.4, 0.5) is 4.39 Å². The first-order chi connectivity index (χ1) is 9.52. The quantitative estimate of drug-likeness (QED) is 0.655. The van der Waals surface area contributed by atoms with Crippen LogP contribution in [0, 0.1) is 19.7 Å². The Balaban J connectivity index is 2.34. The van der Waals surface area contributed by atoms with Crippen molar-refractivity contribution in [3.8, 4) is 0 Å². The molecule has 0 amide bonds. The molecule has 0 aromatic heterocycles. The minimum Gasteiger partial charge on any atom is -0.271 e. The van der Waals surface area contributed by atoms with Gasteiger partial charge >= 0.3 is 0 Å². The maximum absolute atomic E-state index is 14.1. The van der Waals surface area contributed by atoms with E-state index in [2.05, 4.69) is 47.3 Å². The maximum atomic E-state index is 14.1. The van der Waals surface area contributed by atoms with Gasteiger partial charge in [-0.25, -0.2) is 4.39 Å². The van der Waals surface area contributed by atoms with E-state index in [1.165, 1.54) is 22.8 Å². The molecule has 0 saturated carbocycles. The van der Waals surface area contributed by atoms with Crippen molar-refractivity contribution in [3.63, 3.8) is 0 Å². The highest BCUT2D eigenvalue weighted by Gasteiger charge is 2.17. The molecule has 0 spiro atoms. The van der Waals surface area contributed by atoms with E-state index in [0.717, 1.165) is 4.47 Å². The smallest absolute Gasteiger partial charge is 0.129 e. The molecule has 0 aliphatic carbocycles. The number of rotatable bonds is 4. The van der Waals surface area contributed by atoms with Gasteiger partial charge in [0.05, 0.1) is 6.04 Å². The molecule has 0 fully saturated rings. The van der Waals surface area contributed by atoms with E-state index < -0.39 is 0 Å². The minimum absolute atomic E-state index is 0.247. The van der Waals surface area contributed by atoms with Gasteiger partial charge in [0.2, 0.25) is 0 Å². The average Bonchev–Trinajstić information content (AvgIpc) is 2.40. The van der Waals surface area contributed by atoms with Crippen molar-refractivity contribution in [2.75, 3.05) is 0 Å². The largest absolute Gasteiger partial charge is 0.271 e. The van der Waals surface area contributed by atoms with Gasteiger partial charge in [-0.3, -0.25) is 11.3 Å². The number of benzene rings is 2. The highest BCUT2D eigenvalue weighted by Crippen LogP contribution is 2.26. The van der Waals surface area contributed by atoms with Crippen LogP contribution in [-0.2, 0) is 6.42 Å². The lowest BCUT2D eigenvalue weighted by molar-refractivity contribution is 0.509. The van der Waals surface area contributed by atoms with Crippen LogP contribution in [0.2, 0.25) is 0 Å². The van der Waals surface area contributed by atoms with Gasteiger partial charge < -0.3 is 0 Å². The Morgan fingerprint density at radius 3 is 2.40 bits per heavy atom. The van der Waals surface area contributed by atoms with Crippen molar-refractivity contribution in [1.82, 2.24) is 5.43 Å². The van der Waals surface area contributed by atoms with Crippen LogP contribution in [0.25, 0.3) is 0 Å². The zero-order valence-corrected chi connectivity index (χ0v) is 13.2. The Morgan fingerprint density at radius 1 is 1.20 bits per heavy atom. The Morgan fingerprint density at radius 2 is 1.85 bits per heavy atom. The molecule has 2 nitrogen and oxygen atoms in total. The summed E-state index contributed by atoms with van der Waals surface area (Å²) >= 11 is 3.27. The van der Waals surface area contributed by atoms with Crippen LogP contribution in [0.15, 0.2) is 40.9 Å². The van der Waals surface area contributed by atoms with Crippen molar-refractivity contribution >= 4 is 15.9 Å². The van der Waals surface area contributed by atoms with Crippen LogP contribution in [0.1, 0.15) is 28.3 Å². The van der Waals surface area contributed by atoms with Crippen molar-refractivity contribution < 1.29 is 4.39 Å². The molecule has 0 radical (unpaired) electrons. The molecule has 0 heterocycles. The van der Waals surface area contributed by atoms with Crippen molar-refractivity contribution in [1.29, 1.82) is 0 Å². The van der Waals surface area contributed by atoms with Crippen molar-refractivity contribution in [2.45, 2.75) is 26.3 Å². The van der Waals surface area contributed by atoms with E-state index in [1.807, 2.05) is 12.1 Å².